The maximum Gasteiger partial charge on any atom is 0.0689 e. The fraction of sp³-hybridized carbons (Fsp3) is 0.957. The normalized spacial score (nSPS) is 42.0. The van der Waals surface area contributed by atoms with Crippen molar-refractivity contribution in [1.29, 1.82) is 5.26 Å². The maximum atomic E-state index is 9.76. The van der Waals surface area contributed by atoms with Gasteiger partial charge in [-0.15, -0.1) is 0 Å². The van der Waals surface area contributed by atoms with E-state index in [-0.39, 0.29) is 5.41 Å². The van der Waals surface area contributed by atoms with Gasteiger partial charge in [-0.3, -0.25) is 0 Å². The molecule has 0 aromatic heterocycles. The smallest absolute Gasteiger partial charge is 0.0689 e. The van der Waals surface area contributed by atoms with Gasteiger partial charge in [0.05, 0.1) is 11.5 Å². The molecule has 0 spiro atoms. The minimum absolute atomic E-state index is 0.0391. The molecule has 0 saturated heterocycles. The van der Waals surface area contributed by atoms with E-state index in [9.17, 15) is 5.26 Å². The van der Waals surface area contributed by atoms with E-state index in [1.165, 1.54) is 96.3 Å². The van der Waals surface area contributed by atoms with Crippen LogP contribution in [0.5, 0.6) is 0 Å². The quantitative estimate of drug-likeness (QED) is 0.477. The lowest BCUT2D eigenvalue weighted by Crippen LogP contribution is -2.47. The number of nitrogens with zero attached hydrogens (tertiary/aromatic N) is 1. The zero-order valence-electron chi connectivity index (χ0n) is 16.3. The first-order valence-electron chi connectivity index (χ1n) is 11.0. The van der Waals surface area contributed by atoms with Crippen LogP contribution < -0.4 is 0 Å². The minimum atomic E-state index is 0.0391. The average molecular weight is 330 g/mol. The van der Waals surface area contributed by atoms with Gasteiger partial charge >= 0.3 is 0 Å². The number of hydrogen-bond donors (Lipinski definition) is 0. The molecule has 24 heavy (non-hydrogen) atoms. The van der Waals surface area contributed by atoms with Crippen molar-refractivity contribution in [3.63, 3.8) is 0 Å². The molecule has 0 amide bonds. The summed E-state index contributed by atoms with van der Waals surface area (Å²) >= 11 is 0. The largest absolute Gasteiger partial charge is 0.198 e. The molecule has 0 unspecified atom stereocenters. The lowest BCUT2D eigenvalue weighted by Gasteiger charge is -2.58. The highest BCUT2D eigenvalue weighted by Crippen LogP contribution is 2.64. The second-order valence-corrected chi connectivity index (χ2v) is 9.74. The molecular formula is C23H39N. The van der Waals surface area contributed by atoms with Crippen LogP contribution >= 0.6 is 0 Å². The molecule has 0 aliphatic heterocycles. The van der Waals surface area contributed by atoms with Gasteiger partial charge in [0.25, 0.3) is 0 Å². The Morgan fingerprint density at radius 3 is 1.83 bits per heavy atom. The zero-order chi connectivity index (χ0) is 17.1. The third kappa shape index (κ3) is 3.40. The molecule has 136 valence electrons. The zero-order valence-corrected chi connectivity index (χ0v) is 16.3. The lowest BCUT2D eigenvalue weighted by molar-refractivity contribution is -0.0689. The van der Waals surface area contributed by atoms with E-state index in [0.717, 1.165) is 17.8 Å². The fourth-order valence-electron chi connectivity index (χ4n) is 6.55. The summed E-state index contributed by atoms with van der Waals surface area (Å²) in [5, 5.41) is 9.76. The summed E-state index contributed by atoms with van der Waals surface area (Å²) in [5.74, 6) is 0.935. The summed E-state index contributed by atoms with van der Waals surface area (Å²) < 4.78 is 0. The Labute approximate surface area is 150 Å². The van der Waals surface area contributed by atoms with Crippen molar-refractivity contribution in [2.45, 2.75) is 117 Å². The van der Waals surface area contributed by atoms with Gasteiger partial charge in [-0.1, -0.05) is 39.5 Å². The lowest BCUT2D eigenvalue weighted by atomic mass is 9.47. The number of hydrogen-bond acceptors (Lipinski definition) is 1. The Morgan fingerprint density at radius 1 is 0.792 bits per heavy atom. The topological polar surface area (TPSA) is 23.8 Å². The van der Waals surface area contributed by atoms with Crippen molar-refractivity contribution < 1.29 is 0 Å². The second-order valence-electron chi connectivity index (χ2n) is 9.74. The van der Waals surface area contributed by atoms with Crippen molar-refractivity contribution in [1.82, 2.24) is 0 Å². The molecule has 0 N–H and O–H groups in total. The third-order valence-corrected chi connectivity index (χ3v) is 8.58. The van der Waals surface area contributed by atoms with Crippen molar-refractivity contribution in [3.8, 4) is 6.07 Å². The third-order valence-electron chi connectivity index (χ3n) is 8.58. The van der Waals surface area contributed by atoms with Gasteiger partial charge in [0.15, 0.2) is 0 Å². The van der Waals surface area contributed by atoms with Gasteiger partial charge < -0.3 is 0 Å². The number of unbranched alkanes of at least 4 members (excludes halogenated alkanes) is 2. The van der Waals surface area contributed by atoms with Crippen LogP contribution in [0.3, 0.4) is 0 Å². The van der Waals surface area contributed by atoms with E-state index >= 15 is 0 Å². The summed E-state index contributed by atoms with van der Waals surface area (Å²) in [7, 11) is 0. The molecule has 1 heteroatoms. The summed E-state index contributed by atoms with van der Waals surface area (Å²) in [5.41, 5.74) is 1.46. The molecule has 0 heterocycles. The van der Waals surface area contributed by atoms with Crippen LogP contribution in [0.4, 0.5) is 0 Å². The van der Waals surface area contributed by atoms with Crippen molar-refractivity contribution in [2.24, 2.45) is 22.2 Å². The molecule has 0 atom stereocenters. The van der Waals surface area contributed by atoms with Crippen LogP contribution in [0, 0.1) is 33.5 Å². The van der Waals surface area contributed by atoms with Crippen LogP contribution in [0.15, 0.2) is 0 Å². The van der Waals surface area contributed by atoms with Gasteiger partial charge in [-0.25, -0.2) is 0 Å². The minimum Gasteiger partial charge on any atom is -0.198 e. The van der Waals surface area contributed by atoms with Gasteiger partial charge in [-0.05, 0) is 93.8 Å². The van der Waals surface area contributed by atoms with Crippen LogP contribution in [0.25, 0.3) is 0 Å². The molecule has 4 rings (SSSR count). The molecule has 0 aromatic carbocycles. The predicted molar refractivity (Wildman–Crippen MR) is 102 cm³/mol. The second kappa shape index (κ2) is 7.39. The van der Waals surface area contributed by atoms with Gasteiger partial charge in [-0.2, -0.15) is 5.26 Å². The summed E-state index contributed by atoms with van der Waals surface area (Å²) in [6.07, 6.45) is 22.1. The molecule has 4 aliphatic carbocycles. The Balaban J connectivity index is 1.57. The Kier molecular flexibility index (Phi) is 5.63. The van der Waals surface area contributed by atoms with Crippen LogP contribution in [0.2, 0.25) is 0 Å². The molecule has 0 aromatic rings. The van der Waals surface area contributed by atoms with Gasteiger partial charge in [0.2, 0.25) is 0 Å². The summed E-state index contributed by atoms with van der Waals surface area (Å²) in [4.78, 5) is 0. The first-order chi connectivity index (χ1) is 11.6. The predicted octanol–water partition coefficient (Wildman–Crippen LogP) is 7.41. The Bertz CT molecular complexity index is 425. The van der Waals surface area contributed by atoms with Gasteiger partial charge in [0, 0.05) is 0 Å². The number of rotatable bonds is 7. The first kappa shape index (κ1) is 18.3. The highest BCUT2D eigenvalue weighted by atomic mass is 14.6. The molecule has 0 radical (unpaired) electrons. The molecule has 4 saturated carbocycles. The molecular weight excluding hydrogens is 290 g/mol. The maximum absolute atomic E-state index is 9.76. The number of nitriles is 1. The van der Waals surface area contributed by atoms with Crippen LogP contribution in [-0.2, 0) is 0 Å². The highest BCUT2D eigenvalue weighted by molar-refractivity contribution is 5.07. The summed E-state index contributed by atoms with van der Waals surface area (Å²) in [6, 6.07) is 2.75. The monoisotopic (exact) mass is 329 g/mol. The average Bonchev–Trinajstić information content (AvgIpc) is 2.66. The van der Waals surface area contributed by atoms with Gasteiger partial charge in [0.1, 0.15) is 0 Å². The Morgan fingerprint density at radius 2 is 1.33 bits per heavy atom. The van der Waals surface area contributed by atoms with Crippen molar-refractivity contribution in [3.05, 3.63) is 0 Å². The van der Waals surface area contributed by atoms with E-state index in [0.29, 0.717) is 5.41 Å². The van der Waals surface area contributed by atoms with Crippen LogP contribution in [-0.4, -0.2) is 0 Å². The fourth-order valence-corrected chi connectivity index (χ4v) is 6.55. The molecule has 2 bridgehead atoms. The van der Waals surface area contributed by atoms with Crippen LogP contribution in [0.1, 0.15) is 117 Å². The number of fused-ring (bicyclic) bond motifs is 3. The summed E-state index contributed by atoms with van der Waals surface area (Å²) in [6.45, 7) is 4.60. The van der Waals surface area contributed by atoms with E-state index in [2.05, 4.69) is 19.9 Å². The van der Waals surface area contributed by atoms with E-state index in [4.69, 9.17) is 0 Å². The first-order valence-corrected chi connectivity index (χ1v) is 11.0. The van der Waals surface area contributed by atoms with Crippen molar-refractivity contribution in [2.75, 3.05) is 0 Å². The van der Waals surface area contributed by atoms with E-state index in [1.807, 2.05) is 0 Å². The van der Waals surface area contributed by atoms with E-state index < -0.39 is 0 Å². The SMILES string of the molecule is CCCCC12CCC([C@H]3CC[C@@](C#N)(CCCC)CC3)(CC1)CC2. The Hall–Kier alpha value is -0.510. The molecule has 4 aliphatic rings. The van der Waals surface area contributed by atoms with E-state index in [1.54, 1.807) is 0 Å². The highest BCUT2D eigenvalue weighted by Gasteiger charge is 2.52. The molecule has 4 fully saturated rings. The molecule has 1 nitrogen and oxygen atoms in total. The van der Waals surface area contributed by atoms with Crippen molar-refractivity contribution >= 4 is 0 Å². The standard InChI is InChI=1S/C23H39N/c1-3-5-9-21-13-16-23(17-14-21,18-15-21)20-7-11-22(19-24,12-8-20)10-6-4-2/h20H,3-18H2,1-2H3/t20-,21?,22-,23?.